The number of carbonyl (C=O) groups is 1. The summed E-state index contributed by atoms with van der Waals surface area (Å²) in [5, 5.41) is 0. The Morgan fingerprint density at radius 2 is 1.94 bits per heavy atom. The minimum Gasteiger partial charge on any atom is -0.299 e. The monoisotopic (exact) mass is 250 g/mol. The van der Waals surface area contributed by atoms with Gasteiger partial charge in [-0.15, -0.1) is 0 Å². The second-order valence-electron chi connectivity index (χ2n) is 4.65. The van der Waals surface area contributed by atoms with Crippen molar-refractivity contribution in [3.05, 3.63) is 35.9 Å². The van der Waals surface area contributed by atoms with E-state index in [1.165, 1.54) is 0 Å². The van der Waals surface area contributed by atoms with Crippen LogP contribution < -0.4 is 0 Å². The average Bonchev–Trinajstić information content (AvgIpc) is 2.33. The maximum Gasteiger partial charge on any atom is 0.136 e. The van der Waals surface area contributed by atoms with E-state index in [0.717, 1.165) is 24.8 Å². The molecule has 1 saturated carbocycles. The summed E-state index contributed by atoms with van der Waals surface area (Å²) in [6.45, 7) is 0. The lowest BCUT2D eigenvalue weighted by molar-refractivity contribution is -0.123. The van der Waals surface area contributed by atoms with Gasteiger partial charge in [-0.3, -0.25) is 9.00 Å². The summed E-state index contributed by atoms with van der Waals surface area (Å²) in [6.07, 6.45) is 3.74. The number of Topliss-reactive ketones (excluding diaryl/α,β-unsaturated/α-hetero) is 1. The molecule has 1 fully saturated rings. The number of hydrogen-bond donors (Lipinski definition) is 0. The fourth-order valence-electron chi connectivity index (χ4n) is 2.27. The fraction of sp³-hybridized carbons (Fsp3) is 0.500. The first-order valence-corrected chi connectivity index (χ1v) is 7.66. The highest BCUT2D eigenvalue weighted by Gasteiger charge is 2.23. The van der Waals surface area contributed by atoms with E-state index in [2.05, 4.69) is 0 Å². The number of hydrogen-bond acceptors (Lipinski definition) is 2. The molecule has 3 heteroatoms. The Morgan fingerprint density at radius 3 is 2.65 bits per heavy atom. The lowest BCUT2D eigenvalue weighted by Gasteiger charge is -2.19. The van der Waals surface area contributed by atoms with E-state index < -0.39 is 10.8 Å². The van der Waals surface area contributed by atoms with Crippen molar-refractivity contribution in [2.24, 2.45) is 5.92 Å². The largest absolute Gasteiger partial charge is 0.299 e. The molecule has 92 valence electrons. The van der Waals surface area contributed by atoms with E-state index in [4.69, 9.17) is 0 Å². The van der Waals surface area contributed by atoms with Gasteiger partial charge in [-0.25, -0.2) is 0 Å². The zero-order valence-corrected chi connectivity index (χ0v) is 10.7. The SMILES string of the molecule is O=C1CCCCC1CS(=O)Cc1ccccc1. The third-order valence-corrected chi connectivity index (χ3v) is 4.67. The van der Waals surface area contributed by atoms with E-state index >= 15 is 0 Å². The minimum atomic E-state index is -0.910. The molecule has 1 aromatic carbocycles. The molecule has 2 nitrogen and oxygen atoms in total. The van der Waals surface area contributed by atoms with E-state index in [0.29, 0.717) is 23.7 Å². The Kier molecular flexibility index (Phi) is 4.49. The minimum absolute atomic E-state index is 0.0493. The standard InChI is InChI=1S/C14H18O2S/c15-14-9-5-4-8-13(14)11-17(16)10-12-6-2-1-3-7-12/h1-3,6-7,13H,4-5,8-11H2. The number of rotatable bonds is 4. The predicted molar refractivity (Wildman–Crippen MR) is 70.1 cm³/mol. The molecule has 0 radical (unpaired) electrons. The molecular weight excluding hydrogens is 232 g/mol. The van der Waals surface area contributed by atoms with Crippen molar-refractivity contribution in [3.63, 3.8) is 0 Å². The van der Waals surface area contributed by atoms with Gasteiger partial charge < -0.3 is 0 Å². The van der Waals surface area contributed by atoms with Gasteiger partial charge in [-0.1, -0.05) is 36.8 Å². The Morgan fingerprint density at radius 1 is 1.18 bits per heavy atom. The average molecular weight is 250 g/mol. The van der Waals surface area contributed by atoms with Crippen LogP contribution in [0.1, 0.15) is 31.2 Å². The molecule has 2 rings (SSSR count). The first-order chi connectivity index (χ1) is 8.25. The smallest absolute Gasteiger partial charge is 0.136 e. The van der Waals surface area contributed by atoms with Crippen molar-refractivity contribution in [2.45, 2.75) is 31.4 Å². The van der Waals surface area contributed by atoms with Crippen molar-refractivity contribution >= 4 is 16.6 Å². The van der Waals surface area contributed by atoms with Crippen molar-refractivity contribution in [1.82, 2.24) is 0 Å². The van der Waals surface area contributed by atoms with Crippen LogP contribution >= 0.6 is 0 Å². The molecular formula is C14H18O2S. The third-order valence-electron chi connectivity index (χ3n) is 3.24. The molecule has 0 aliphatic heterocycles. The van der Waals surface area contributed by atoms with Gasteiger partial charge in [0.25, 0.3) is 0 Å². The summed E-state index contributed by atoms with van der Waals surface area (Å²) in [5.74, 6) is 1.49. The summed E-state index contributed by atoms with van der Waals surface area (Å²) in [5.41, 5.74) is 1.09. The van der Waals surface area contributed by atoms with Crippen LogP contribution in [0.3, 0.4) is 0 Å². The van der Waals surface area contributed by atoms with Gasteiger partial charge in [0.15, 0.2) is 0 Å². The van der Waals surface area contributed by atoms with E-state index in [-0.39, 0.29) is 5.92 Å². The van der Waals surface area contributed by atoms with Crippen LogP contribution in [0.5, 0.6) is 0 Å². The molecule has 17 heavy (non-hydrogen) atoms. The first kappa shape index (κ1) is 12.5. The van der Waals surface area contributed by atoms with Crippen LogP contribution in [0.25, 0.3) is 0 Å². The molecule has 1 aliphatic carbocycles. The van der Waals surface area contributed by atoms with Crippen molar-refractivity contribution in [1.29, 1.82) is 0 Å². The topological polar surface area (TPSA) is 34.1 Å². The molecule has 0 heterocycles. The van der Waals surface area contributed by atoms with Crippen LogP contribution in [0, 0.1) is 5.92 Å². The Hall–Kier alpha value is -0.960. The fourth-order valence-corrected chi connectivity index (χ4v) is 3.76. The van der Waals surface area contributed by atoms with Crippen LogP contribution in [-0.4, -0.2) is 15.7 Å². The van der Waals surface area contributed by atoms with E-state index in [1.54, 1.807) is 0 Å². The van der Waals surface area contributed by atoms with Gasteiger partial charge in [0.2, 0.25) is 0 Å². The second-order valence-corrected chi connectivity index (χ2v) is 6.15. The second kappa shape index (κ2) is 6.10. The highest BCUT2D eigenvalue weighted by molar-refractivity contribution is 7.84. The molecule has 0 bridgehead atoms. The van der Waals surface area contributed by atoms with Crippen LogP contribution in [-0.2, 0) is 21.3 Å². The maximum atomic E-state index is 12.0. The van der Waals surface area contributed by atoms with Crippen molar-refractivity contribution in [3.8, 4) is 0 Å². The Balaban J connectivity index is 1.87. The van der Waals surface area contributed by atoms with Gasteiger partial charge >= 0.3 is 0 Å². The summed E-state index contributed by atoms with van der Waals surface area (Å²) >= 11 is 0. The summed E-state index contributed by atoms with van der Waals surface area (Å²) in [4.78, 5) is 11.6. The molecule has 2 unspecified atom stereocenters. The van der Waals surface area contributed by atoms with Crippen LogP contribution in [0.4, 0.5) is 0 Å². The number of benzene rings is 1. The number of ketones is 1. The molecule has 1 aliphatic rings. The van der Waals surface area contributed by atoms with Crippen molar-refractivity contribution < 1.29 is 9.00 Å². The lowest BCUT2D eigenvalue weighted by atomic mass is 9.89. The van der Waals surface area contributed by atoms with Gasteiger partial charge in [0.05, 0.1) is 0 Å². The molecule has 2 atom stereocenters. The van der Waals surface area contributed by atoms with Gasteiger partial charge in [0.1, 0.15) is 5.78 Å². The molecule has 0 aromatic heterocycles. The predicted octanol–water partition coefficient (Wildman–Crippen LogP) is 2.69. The quantitative estimate of drug-likeness (QED) is 0.823. The Bertz CT molecular complexity index is 400. The summed E-state index contributed by atoms with van der Waals surface area (Å²) < 4.78 is 12.0. The van der Waals surface area contributed by atoms with Crippen molar-refractivity contribution in [2.75, 3.05) is 5.75 Å². The molecule has 0 amide bonds. The highest BCUT2D eigenvalue weighted by Crippen LogP contribution is 2.22. The van der Waals surface area contributed by atoms with Crippen LogP contribution in [0.2, 0.25) is 0 Å². The zero-order chi connectivity index (χ0) is 12.1. The highest BCUT2D eigenvalue weighted by atomic mass is 32.2. The summed E-state index contributed by atoms with van der Waals surface area (Å²) in [6, 6.07) is 9.84. The number of carbonyl (C=O) groups excluding carboxylic acids is 1. The van der Waals surface area contributed by atoms with Gasteiger partial charge in [-0.2, -0.15) is 0 Å². The Labute approximate surface area is 105 Å². The molecule has 0 saturated heterocycles. The van der Waals surface area contributed by atoms with Crippen LogP contribution in [0.15, 0.2) is 30.3 Å². The maximum absolute atomic E-state index is 12.0. The van der Waals surface area contributed by atoms with Gasteiger partial charge in [0, 0.05) is 34.6 Å². The molecule has 1 aromatic rings. The zero-order valence-electron chi connectivity index (χ0n) is 9.93. The van der Waals surface area contributed by atoms with E-state index in [9.17, 15) is 9.00 Å². The third kappa shape index (κ3) is 3.77. The molecule has 0 spiro atoms. The normalized spacial score (nSPS) is 22.4. The summed E-state index contributed by atoms with van der Waals surface area (Å²) in [7, 11) is -0.910. The lowest BCUT2D eigenvalue weighted by Crippen LogP contribution is -2.24. The van der Waals surface area contributed by atoms with E-state index in [1.807, 2.05) is 30.3 Å². The first-order valence-electron chi connectivity index (χ1n) is 6.17. The molecule has 0 N–H and O–H groups in total. The van der Waals surface area contributed by atoms with Gasteiger partial charge in [-0.05, 0) is 18.4 Å².